The van der Waals surface area contributed by atoms with Crippen LogP contribution in [0.4, 0.5) is 0 Å². The van der Waals surface area contributed by atoms with Crippen LogP contribution >= 0.6 is 23.1 Å². The van der Waals surface area contributed by atoms with E-state index in [4.69, 9.17) is 8.83 Å². The molecule has 0 unspecified atom stereocenters. The molecule has 4 heterocycles. The molecule has 1 amide bonds. The van der Waals surface area contributed by atoms with Gasteiger partial charge in [0, 0.05) is 11.1 Å². The molecule has 5 aromatic rings. The highest BCUT2D eigenvalue weighted by Crippen LogP contribution is 2.30. The number of rotatable bonds is 8. The Bertz CT molecular complexity index is 1340. The number of nitrogens with one attached hydrogen (secondary N) is 1. The van der Waals surface area contributed by atoms with Crippen LogP contribution in [0.2, 0.25) is 0 Å². The summed E-state index contributed by atoms with van der Waals surface area (Å²) in [5.41, 5.74) is 2.50. The first kappa shape index (κ1) is 21.2. The lowest BCUT2D eigenvalue weighted by molar-refractivity contribution is 0.0943. The smallest absolute Gasteiger partial charge is 0.271 e. The molecule has 1 N–H and O–H groups in total. The Morgan fingerprint density at radius 3 is 2.67 bits per heavy atom. The van der Waals surface area contributed by atoms with Gasteiger partial charge in [0.1, 0.15) is 16.5 Å². The van der Waals surface area contributed by atoms with Crippen LogP contribution in [-0.2, 0) is 12.3 Å². The fourth-order valence-corrected chi connectivity index (χ4v) is 4.88. The van der Waals surface area contributed by atoms with Crippen LogP contribution in [0, 0.1) is 6.92 Å². The predicted octanol–water partition coefficient (Wildman–Crippen LogP) is 5.11. The molecular formula is C23H19N5O3S2. The summed E-state index contributed by atoms with van der Waals surface area (Å²) in [5, 5.41) is 14.8. The highest BCUT2D eigenvalue weighted by Gasteiger charge is 2.19. The van der Waals surface area contributed by atoms with Gasteiger partial charge in [0.2, 0.25) is 5.82 Å². The van der Waals surface area contributed by atoms with E-state index >= 15 is 0 Å². The van der Waals surface area contributed by atoms with E-state index in [0.717, 1.165) is 10.7 Å². The third kappa shape index (κ3) is 4.76. The van der Waals surface area contributed by atoms with E-state index in [9.17, 15) is 4.79 Å². The molecule has 0 saturated heterocycles. The summed E-state index contributed by atoms with van der Waals surface area (Å²) >= 11 is 2.94. The quantitative estimate of drug-likeness (QED) is 0.310. The molecule has 5 rings (SSSR count). The van der Waals surface area contributed by atoms with Gasteiger partial charge in [-0.15, -0.1) is 21.5 Å². The van der Waals surface area contributed by atoms with Crippen molar-refractivity contribution in [1.29, 1.82) is 0 Å². The maximum absolute atomic E-state index is 12.4. The average molecular weight is 478 g/mol. The van der Waals surface area contributed by atoms with Crippen LogP contribution in [-0.4, -0.2) is 25.7 Å². The van der Waals surface area contributed by atoms with Crippen molar-refractivity contribution in [2.24, 2.45) is 0 Å². The fourth-order valence-electron chi connectivity index (χ4n) is 3.13. The number of hydrogen-bond acceptors (Lipinski definition) is 8. The van der Waals surface area contributed by atoms with E-state index < -0.39 is 0 Å². The lowest BCUT2D eigenvalue weighted by Crippen LogP contribution is -2.22. The molecule has 1 aromatic carbocycles. The normalized spacial score (nSPS) is 11.1. The van der Waals surface area contributed by atoms with Crippen molar-refractivity contribution in [1.82, 2.24) is 25.1 Å². The molecule has 0 atom stereocenters. The minimum Gasteiger partial charge on any atom is -0.467 e. The SMILES string of the molecule is Cc1ccc(-n2c(SCc3nc(C(=O)NCc4ccco4)cs3)nnc2-c2ccco2)cc1. The van der Waals surface area contributed by atoms with E-state index in [0.29, 0.717) is 40.5 Å². The number of thiazole rings is 1. The van der Waals surface area contributed by atoms with Gasteiger partial charge in [0.05, 0.1) is 24.8 Å². The summed E-state index contributed by atoms with van der Waals surface area (Å²) in [4.78, 5) is 16.9. The van der Waals surface area contributed by atoms with Crippen molar-refractivity contribution >= 4 is 29.0 Å². The van der Waals surface area contributed by atoms with Gasteiger partial charge in [0.15, 0.2) is 10.9 Å². The van der Waals surface area contributed by atoms with Crippen LogP contribution in [0.3, 0.4) is 0 Å². The fraction of sp³-hybridized carbons (Fsp3) is 0.130. The van der Waals surface area contributed by atoms with Crippen LogP contribution in [0.1, 0.15) is 26.8 Å². The molecule has 0 aliphatic rings. The summed E-state index contributed by atoms with van der Waals surface area (Å²) in [6.45, 7) is 2.37. The first-order chi connectivity index (χ1) is 16.2. The molecule has 8 nitrogen and oxygen atoms in total. The minimum absolute atomic E-state index is 0.234. The van der Waals surface area contributed by atoms with Crippen LogP contribution in [0.15, 0.2) is 80.4 Å². The number of carbonyl (C=O) groups excluding carboxylic acids is 1. The van der Waals surface area contributed by atoms with Gasteiger partial charge in [-0.1, -0.05) is 29.5 Å². The molecule has 166 valence electrons. The molecular weight excluding hydrogens is 458 g/mol. The molecule has 4 aromatic heterocycles. The van der Waals surface area contributed by atoms with Crippen molar-refractivity contribution in [2.75, 3.05) is 0 Å². The molecule has 33 heavy (non-hydrogen) atoms. The van der Waals surface area contributed by atoms with Crippen molar-refractivity contribution < 1.29 is 13.6 Å². The molecule has 0 radical (unpaired) electrons. The Hall–Kier alpha value is -3.63. The first-order valence-electron chi connectivity index (χ1n) is 10.1. The van der Waals surface area contributed by atoms with Gasteiger partial charge in [-0.05, 0) is 43.3 Å². The van der Waals surface area contributed by atoms with E-state index in [1.165, 1.54) is 28.7 Å². The zero-order valence-electron chi connectivity index (χ0n) is 17.6. The predicted molar refractivity (Wildman–Crippen MR) is 125 cm³/mol. The summed E-state index contributed by atoms with van der Waals surface area (Å²) in [6, 6.07) is 15.4. The maximum atomic E-state index is 12.4. The number of aromatic nitrogens is 4. The second-order valence-electron chi connectivity index (χ2n) is 7.13. The zero-order valence-corrected chi connectivity index (χ0v) is 19.2. The minimum atomic E-state index is -0.234. The Morgan fingerprint density at radius 1 is 1.09 bits per heavy atom. The number of carbonyl (C=O) groups is 1. The van der Waals surface area contributed by atoms with E-state index in [1.807, 2.05) is 54.0 Å². The second-order valence-corrected chi connectivity index (χ2v) is 9.02. The number of aryl methyl sites for hydroxylation is 1. The molecule has 0 spiro atoms. The van der Waals surface area contributed by atoms with Gasteiger partial charge in [-0.25, -0.2) is 4.98 Å². The highest BCUT2D eigenvalue weighted by atomic mass is 32.2. The van der Waals surface area contributed by atoms with Gasteiger partial charge in [0.25, 0.3) is 5.91 Å². The van der Waals surface area contributed by atoms with Gasteiger partial charge >= 0.3 is 0 Å². The van der Waals surface area contributed by atoms with Gasteiger partial charge < -0.3 is 14.2 Å². The Kier molecular flexibility index (Phi) is 6.09. The number of benzene rings is 1. The largest absolute Gasteiger partial charge is 0.467 e. The lowest BCUT2D eigenvalue weighted by atomic mass is 10.2. The number of hydrogen-bond donors (Lipinski definition) is 1. The molecule has 0 bridgehead atoms. The van der Waals surface area contributed by atoms with E-state index in [2.05, 4.69) is 20.5 Å². The Labute approximate surface area is 197 Å². The van der Waals surface area contributed by atoms with E-state index in [1.54, 1.807) is 24.0 Å². The summed E-state index contributed by atoms with van der Waals surface area (Å²) in [7, 11) is 0. The first-order valence-corrected chi connectivity index (χ1v) is 12.0. The number of nitrogens with zero attached hydrogens (tertiary/aromatic N) is 4. The number of amides is 1. The Morgan fingerprint density at radius 2 is 1.91 bits per heavy atom. The van der Waals surface area contributed by atoms with Crippen LogP contribution < -0.4 is 5.32 Å². The van der Waals surface area contributed by atoms with Crippen LogP contribution in [0.5, 0.6) is 0 Å². The highest BCUT2D eigenvalue weighted by molar-refractivity contribution is 7.98. The van der Waals surface area contributed by atoms with Crippen molar-refractivity contribution in [3.8, 4) is 17.3 Å². The summed E-state index contributed by atoms with van der Waals surface area (Å²) in [5.74, 6) is 2.28. The van der Waals surface area contributed by atoms with Gasteiger partial charge in [-0.2, -0.15) is 0 Å². The lowest BCUT2D eigenvalue weighted by Gasteiger charge is -2.09. The number of thioether (sulfide) groups is 1. The van der Waals surface area contributed by atoms with Gasteiger partial charge in [-0.3, -0.25) is 9.36 Å². The molecule has 10 heteroatoms. The van der Waals surface area contributed by atoms with Crippen molar-refractivity contribution in [3.05, 3.63) is 88.5 Å². The average Bonchev–Trinajstić information content (AvgIpc) is 3.62. The Balaban J connectivity index is 1.32. The molecule has 0 fully saturated rings. The number of furan rings is 2. The maximum Gasteiger partial charge on any atom is 0.271 e. The zero-order chi connectivity index (χ0) is 22.6. The monoisotopic (exact) mass is 477 g/mol. The van der Waals surface area contributed by atoms with E-state index in [-0.39, 0.29) is 5.91 Å². The second kappa shape index (κ2) is 9.47. The topological polar surface area (TPSA) is 99.0 Å². The summed E-state index contributed by atoms with van der Waals surface area (Å²) in [6.07, 6.45) is 3.19. The standard InChI is InChI=1S/C23H19N5O3S2/c1-15-6-8-16(9-7-15)28-21(19-5-3-11-31-19)26-27-23(28)33-14-20-25-18(13-32-20)22(29)24-12-17-4-2-10-30-17/h2-11,13H,12,14H2,1H3,(H,24,29). The molecule has 0 aliphatic carbocycles. The molecule has 0 aliphatic heterocycles. The third-order valence-corrected chi connectivity index (χ3v) is 6.75. The van der Waals surface area contributed by atoms with Crippen molar-refractivity contribution in [2.45, 2.75) is 24.4 Å². The van der Waals surface area contributed by atoms with Crippen molar-refractivity contribution in [3.63, 3.8) is 0 Å². The third-order valence-electron chi connectivity index (χ3n) is 4.78. The van der Waals surface area contributed by atoms with Crippen LogP contribution in [0.25, 0.3) is 17.3 Å². The molecule has 0 saturated carbocycles. The summed E-state index contributed by atoms with van der Waals surface area (Å²) < 4.78 is 12.8.